The van der Waals surface area contributed by atoms with E-state index in [9.17, 15) is 8.42 Å². The van der Waals surface area contributed by atoms with Crippen molar-refractivity contribution in [3.05, 3.63) is 17.9 Å². The fourth-order valence-electron chi connectivity index (χ4n) is 1.55. The quantitative estimate of drug-likeness (QED) is 0.730. The lowest BCUT2D eigenvalue weighted by Gasteiger charge is -2.12. The number of furan rings is 1. The van der Waals surface area contributed by atoms with Gasteiger partial charge < -0.3 is 9.73 Å². The van der Waals surface area contributed by atoms with Crippen LogP contribution in [-0.2, 0) is 16.6 Å². The molecule has 1 rings (SSSR count). The van der Waals surface area contributed by atoms with Crippen molar-refractivity contribution in [2.75, 3.05) is 11.5 Å². The molecule has 0 aliphatic rings. The molecule has 0 aromatic carbocycles. The van der Waals surface area contributed by atoms with Gasteiger partial charge in [0.15, 0.2) is 0 Å². The number of sulfonamides is 1. The molecule has 7 heteroatoms. The molecular weight excluding hydrogens is 296 g/mol. The van der Waals surface area contributed by atoms with Crippen LogP contribution in [0.25, 0.3) is 0 Å². The first-order valence-electron chi connectivity index (χ1n) is 6.77. The molecule has 0 saturated heterocycles. The van der Waals surface area contributed by atoms with Gasteiger partial charge in [-0.25, -0.2) is 13.1 Å². The number of thioether (sulfide) groups is 1. The first-order valence-corrected chi connectivity index (χ1v) is 9.41. The van der Waals surface area contributed by atoms with Crippen LogP contribution in [0, 0.1) is 0 Å². The molecule has 1 unspecified atom stereocenters. The Morgan fingerprint density at radius 2 is 2.00 bits per heavy atom. The average molecular weight is 320 g/mol. The normalized spacial score (nSPS) is 13.8. The molecule has 0 radical (unpaired) electrons. The summed E-state index contributed by atoms with van der Waals surface area (Å²) < 4.78 is 32.3. The molecule has 0 aliphatic carbocycles. The van der Waals surface area contributed by atoms with E-state index in [0.717, 1.165) is 11.5 Å². The Morgan fingerprint density at radius 1 is 1.30 bits per heavy atom. The molecule has 20 heavy (non-hydrogen) atoms. The fraction of sp³-hybridized carbons (Fsp3) is 0.692. The van der Waals surface area contributed by atoms with Gasteiger partial charge in [0.05, 0.1) is 6.54 Å². The first-order chi connectivity index (χ1) is 9.35. The molecule has 1 atom stereocenters. The monoisotopic (exact) mass is 320 g/mol. The smallest absolute Gasteiger partial charge is 0.274 e. The fourth-order valence-corrected chi connectivity index (χ4v) is 3.53. The Kier molecular flexibility index (Phi) is 7.08. The van der Waals surface area contributed by atoms with Gasteiger partial charge in [0.25, 0.3) is 10.0 Å². The highest BCUT2D eigenvalue weighted by Crippen LogP contribution is 2.15. The van der Waals surface area contributed by atoms with Crippen LogP contribution in [0.15, 0.2) is 21.6 Å². The van der Waals surface area contributed by atoms with Crippen molar-refractivity contribution < 1.29 is 12.8 Å². The van der Waals surface area contributed by atoms with Crippen LogP contribution < -0.4 is 10.0 Å². The third-order valence-electron chi connectivity index (χ3n) is 2.51. The lowest BCUT2D eigenvalue weighted by Crippen LogP contribution is -2.34. The van der Waals surface area contributed by atoms with Crippen LogP contribution >= 0.6 is 11.8 Å². The summed E-state index contributed by atoms with van der Waals surface area (Å²) in [4.78, 5) is 0. The van der Waals surface area contributed by atoms with Gasteiger partial charge in [-0.3, -0.25) is 0 Å². The lowest BCUT2D eigenvalue weighted by atomic mass is 10.3. The average Bonchev–Trinajstić information content (AvgIpc) is 2.83. The minimum Gasteiger partial charge on any atom is -0.447 e. The summed E-state index contributed by atoms with van der Waals surface area (Å²) in [6.45, 7) is 8.47. The van der Waals surface area contributed by atoms with Crippen LogP contribution in [-0.4, -0.2) is 32.0 Å². The topological polar surface area (TPSA) is 71.3 Å². The molecule has 1 heterocycles. The highest BCUT2D eigenvalue weighted by molar-refractivity contribution is 7.99. The first kappa shape index (κ1) is 17.6. The Hall–Kier alpha value is -0.500. The summed E-state index contributed by atoms with van der Waals surface area (Å²) in [7, 11) is -3.57. The minimum atomic E-state index is -3.57. The summed E-state index contributed by atoms with van der Waals surface area (Å²) in [5, 5.41) is 3.16. The Morgan fingerprint density at radius 3 is 2.60 bits per heavy atom. The molecular formula is C13H24N2O3S2. The maximum Gasteiger partial charge on any atom is 0.274 e. The van der Waals surface area contributed by atoms with E-state index in [0.29, 0.717) is 18.3 Å². The predicted octanol–water partition coefficient (Wildman–Crippen LogP) is 2.20. The van der Waals surface area contributed by atoms with Crippen molar-refractivity contribution in [3.8, 4) is 0 Å². The van der Waals surface area contributed by atoms with Crippen LogP contribution in [0.2, 0.25) is 0 Å². The summed E-state index contributed by atoms with van der Waals surface area (Å²) in [5.74, 6) is 2.34. The Balaban J connectivity index is 2.63. The van der Waals surface area contributed by atoms with Crippen molar-refractivity contribution >= 4 is 21.8 Å². The van der Waals surface area contributed by atoms with Crippen molar-refractivity contribution in [2.24, 2.45) is 0 Å². The molecule has 0 aliphatic heterocycles. The van der Waals surface area contributed by atoms with Gasteiger partial charge in [-0.1, -0.05) is 20.8 Å². The second-order valence-electron chi connectivity index (χ2n) is 4.94. The lowest BCUT2D eigenvalue weighted by molar-refractivity contribution is 0.392. The maximum atomic E-state index is 12.1. The molecule has 0 spiro atoms. The zero-order valence-electron chi connectivity index (χ0n) is 12.5. The predicted molar refractivity (Wildman–Crippen MR) is 83.5 cm³/mol. The SMILES string of the molecule is CCSCC(C)NS(=O)(=O)c1ccc(CNC(C)C)o1. The maximum absolute atomic E-state index is 12.1. The zero-order chi connectivity index (χ0) is 15.2. The van der Waals surface area contributed by atoms with E-state index in [2.05, 4.69) is 10.0 Å². The summed E-state index contributed by atoms with van der Waals surface area (Å²) in [6, 6.07) is 3.39. The number of rotatable bonds is 9. The van der Waals surface area contributed by atoms with Gasteiger partial charge in [0.1, 0.15) is 5.76 Å². The van der Waals surface area contributed by atoms with E-state index in [-0.39, 0.29) is 11.1 Å². The van der Waals surface area contributed by atoms with Crippen LogP contribution in [0.5, 0.6) is 0 Å². The largest absolute Gasteiger partial charge is 0.447 e. The summed E-state index contributed by atoms with van der Waals surface area (Å²) >= 11 is 1.70. The number of hydrogen-bond acceptors (Lipinski definition) is 5. The molecule has 0 amide bonds. The summed E-state index contributed by atoms with van der Waals surface area (Å²) in [5.41, 5.74) is 0. The third-order valence-corrected chi connectivity index (χ3v) is 5.12. The van der Waals surface area contributed by atoms with Crippen LogP contribution in [0.3, 0.4) is 0 Å². The molecule has 0 fully saturated rings. The van der Waals surface area contributed by atoms with Crippen molar-refractivity contribution in [3.63, 3.8) is 0 Å². The van der Waals surface area contributed by atoms with E-state index in [1.807, 2.05) is 27.7 Å². The van der Waals surface area contributed by atoms with Gasteiger partial charge in [-0.05, 0) is 24.8 Å². The van der Waals surface area contributed by atoms with Crippen molar-refractivity contribution in [1.29, 1.82) is 0 Å². The zero-order valence-corrected chi connectivity index (χ0v) is 14.1. The molecule has 1 aromatic rings. The van der Waals surface area contributed by atoms with Gasteiger partial charge in [0, 0.05) is 17.8 Å². The van der Waals surface area contributed by atoms with Crippen LogP contribution in [0.4, 0.5) is 0 Å². The molecule has 0 bridgehead atoms. The van der Waals surface area contributed by atoms with E-state index in [1.165, 1.54) is 6.07 Å². The summed E-state index contributed by atoms with van der Waals surface area (Å²) in [6.07, 6.45) is 0. The Labute approximate surface area is 125 Å². The highest BCUT2D eigenvalue weighted by Gasteiger charge is 2.21. The standard InChI is InChI=1S/C13H24N2O3S2/c1-5-19-9-11(4)15-20(16,17)13-7-6-12(18-13)8-14-10(2)3/h6-7,10-11,14-15H,5,8-9H2,1-4H3. The van der Waals surface area contributed by atoms with E-state index >= 15 is 0 Å². The van der Waals surface area contributed by atoms with E-state index in [4.69, 9.17) is 4.42 Å². The van der Waals surface area contributed by atoms with Gasteiger partial charge in [0.2, 0.25) is 5.09 Å². The van der Waals surface area contributed by atoms with Crippen LogP contribution in [0.1, 0.15) is 33.5 Å². The molecule has 1 aromatic heterocycles. The Bertz CT molecular complexity index is 497. The number of hydrogen-bond donors (Lipinski definition) is 2. The van der Waals surface area contributed by atoms with E-state index in [1.54, 1.807) is 17.8 Å². The second-order valence-corrected chi connectivity index (χ2v) is 7.90. The van der Waals surface area contributed by atoms with Crippen molar-refractivity contribution in [2.45, 2.75) is 51.4 Å². The van der Waals surface area contributed by atoms with Gasteiger partial charge in [-0.2, -0.15) is 11.8 Å². The molecule has 5 nitrogen and oxygen atoms in total. The highest BCUT2D eigenvalue weighted by atomic mass is 32.2. The molecule has 0 saturated carbocycles. The number of nitrogens with one attached hydrogen (secondary N) is 2. The van der Waals surface area contributed by atoms with Gasteiger partial charge in [-0.15, -0.1) is 0 Å². The van der Waals surface area contributed by atoms with Gasteiger partial charge >= 0.3 is 0 Å². The third kappa shape index (κ3) is 5.87. The van der Waals surface area contributed by atoms with E-state index < -0.39 is 10.0 Å². The minimum absolute atomic E-state index is 0.0218. The van der Waals surface area contributed by atoms with Crippen molar-refractivity contribution in [1.82, 2.24) is 10.0 Å². The molecule has 2 N–H and O–H groups in total. The second kappa shape index (κ2) is 8.07. The molecule has 116 valence electrons.